The van der Waals surface area contributed by atoms with E-state index < -0.39 is 0 Å². The highest BCUT2D eigenvalue weighted by Crippen LogP contribution is 2.40. The molecule has 0 atom stereocenters. The van der Waals surface area contributed by atoms with Gasteiger partial charge in [0.15, 0.2) is 16.3 Å². The van der Waals surface area contributed by atoms with Crippen molar-refractivity contribution in [1.29, 1.82) is 0 Å². The van der Waals surface area contributed by atoms with Crippen LogP contribution < -0.4 is 14.2 Å². The number of hydrogen-bond donors (Lipinski definition) is 0. The summed E-state index contributed by atoms with van der Waals surface area (Å²) >= 11 is 5.43. The lowest BCUT2D eigenvalue weighted by molar-refractivity contribution is 0.102. The Morgan fingerprint density at radius 1 is 0.889 bits per heavy atom. The zero-order valence-electron chi connectivity index (χ0n) is 16.5. The van der Waals surface area contributed by atoms with Crippen molar-refractivity contribution in [2.75, 3.05) is 47.5 Å². The molecule has 1 saturated heterocycles. The van der Waals surface area contributed by atoms with Gasteiger partial charge in [-0.25, -0.2) is 0 Å². The van der Waals surface area contributed by atoms with Gasteiger partial charge in [0.2, 0.25) is 5.75 Å². The number of ether oxygens (including phenoxy) is 3. The van der Waals surface area contributed by atoms with E-state index in [2.05, 4.69) is 20.4 Å². The smallest absolute Gasteiger partial charge is 0.203 e. The minimum atomic E-state index is 0.648. The molecule has 7 nitrogen and oxygen atoms in total. The van der Waals surface area contributed by atoms with Crippen LogP contribution in [0.3, 0.4) is 0 Å². The first-order valence-corrected chi connectivity index (χ1v) is 9.42. The molecular formula is C19H28N4O3S. The number of hydrogen-bond acceptors (Lipinski definition) is 6. The summed E-state index contributed by atoms with van der Waals surface area (Å²) < 4.78 is 21.4. The normalized spacial score (nSPS) is 15.7. The Morgan fingerprint density at radius 3 is 2.11 bits per heavy atom. The fourth-order valence-electron chi connectivity index (χ4n) is 3.45. The second-order valence-corrected chi connectivity index (χ2v) is 7.06. The van der Waals surface area contributed by atoms with Gasteiger partial charge in [-0.15, -0.1) is 0 Å². The highest BCUT2D eigenvalue weighted by molar-refractivity contribution is 7.71. The standard InChI is InChI=1S/C19H28N4O3S/c1-20-7-12-23(19(20)27)14-22-10-8-21(9-11-22)13-15-5-6-16(24-2)18(26-4)17(15)25-3/h5-7,12H,8-11,13-14H2,1-4H3. The summed E-state index contributed by atoms with van der Waals surface area (Å²) in [5, 5.41) is 0. The molecule has 0 amide bonds. The summed E-state index contributed by atoms with van der Waals surface area (Å²) in [6.07, 6.45) is 4.05. The van der Waals surface area contributed by atoms with E-state index in [1.54, 1.807) is 21.3 Å². The maximum absolute atomic E-state index is 5.61. The van der Waals surface area contributed by atoms with Gasteiger partial charge < -0.3 is 23.3 Å². The second-order valence-electron chi connectivity index (χ2n) is 6.69. The molecule has 2 aromatic rings. The van der Waals surface area contributed by atoms with E-state index in [1.165, 1.54) is 0 Å². The molecule has 1 aliphatic rings. The van der Waals surface area contributed by atoms with E-state index in [9.17, 15) is 0 Å². The van der Waals surface area contributed by atoms with Crippen molar-refractivity contribution in [3.05, 3.63) is 34.9 Å². The first-order chi connectivity index (χ1) is 13.1. The van der Waals surface area contributed by atoms with Crippen LogP contribution in [0.25, 0.3) is 0 Å². The summed E-state index contributed by atoms with van der Waals surface area (Å²) in [6.45, 7) is 5.67. The number of piperazine rings is 1. The van der Waals surface area contributed by atoms with Crippen LogP contribution in [-0.4, -0.2) is 66.4 Å². The van der Waals surface area contributed by atoms with E-state index >= 15 is 0 Å². The number of nitrogens with zero attached hydrogens (tertiary/aromatic N) is 4. The second kappa shape index (κ2) is 8.77. The Hall–Kier alpha value is -2.03. The third kappa shape index (κ3) is 4.28. The number of methoxy groups -OCH3 is 3. The molecule has 0 radical (unpaired) electrons. The molecule has 0 N–H and O–H groups in total. The molecule has 0 aliphatic carbocycles. The Bertz CT molecular complexity index is 825. The molecule has 2 heterocycles. The van der Waals surface area contributed by atoms with Crippen molar-refractivity contribution in [1.82, 2.24) is 18.9 Å². The first kappa shape index (κ1) is 19.7. The average molecular weight is 393 g/mol. The number of aryl methyl sites for hydroxylation is 1. The van der Waals surface area contributed by atoms with Gasteiger partial charge in [-0.3, -0.25) is 9.80 Å². The van der Waals surface area contributed by atoms with Crippen molar-refractivity contribution in [2.45, 2.75) is 13.2 Å². The van der Waals surface area contributed by atoms with Gasteiger partial charge in [-0.05, 0) is 18.3 Å². The van der Waals surface area contributed by atoms with Crippen molar-refractivity contribution in [3.63, 3.8) is 0 Å². The highest BCUT2D eigenvalue weighted by Gasteiger charge is 2.21. The summed E-state index contributed by atoms with van der Waals surface area (Å²) in [7, 11) is 6.92. The van der Waals surface area contributed by atoms with Crippen LogP contribution in [0, 0.1) is 4.77 Å². The van der Waals surface area contributed by atoms with Crippen molar-refractivity contribution in [2.24, 2.45) is 7.05 Å². The number of imidazole rings is 1. The fraction of sp³-hybridized carbons (Fsp3) is 0.526. The lowest BCUT2D eigenvalue weighted by Gasteiger charge is -2.35. The molecule has 148 valence electrons. The first-order valence-electron chi connectivity index (χ1n) is 9.01. The van der Waals surface area contributed by atoms with E-state index in [0.29, 0.717) is 11.5 Å². The molecule has 3 rings (SSSR count). The zero-order valence-corrected chi connectivity index (χ0v) is 17.3. The number of rotatable bonds is 7. The SMILES string of the molecule is COc1ccc(CN2CCN(Cn3ccn(C)c3=S)CC2)c(OC)c1OC. The Kier molecular flexibility index (Phi) is 6.41. The third-order valence-corrected chi connectivity index (χ3v) is 5.54. The highest BCUT2D eigenvalue weighted by atomic mass is 32.1. The number of aromatic nitrogens is 2. The molecule has 0 bridgehead atoms. The van der Waals surface area contributed by atoms with Gasteiger partial charge in [0.25, 0.3) is 0 Å². The molecule has 0 unspecified atom stereocenters. The molecule has 0 saturated carbocycles. The molecular weight excluding hydrogens is 364 g/mol. The van der Waals surface area contributed by atoms with Crippen LogP contribution in [0.2, 0.25) is 0 Å². The van der Waals surface area contributed by atoms with Gasteiger partial charge in [0.1, 0.15) is 0 Å². The fourth-order valence-corrected chi connectivity index (χ4v) is 3.63. The third-order valence-electron chi connectivity index (χ3n) is 5.01. The monoisotopic (exact) mass is 392 g/mol. The van der Waals surface area contributed by atoms with E-state index in [-0.39, 0.29) is 0 Å². The van der Waals surface area contributed by atoms with Crippen LogP contribution in [0.1, 0.15) is 5.56 Å². The van der Waals surface area contributed by atoms with E-state index in [1.807, 2.05) is 30.1 Å². The Morgan fingerprint density at radius 2 is 1.56 bits per heavy atom. The molecule has 1 aromatic carbocycles. The Balaban J connectivity index is 1.62. The minimum absolute atomic E-state index is 0.648. The van der Waals surface area contributed by atoms with Crippen LogP contribution >= 0.6 is 12.2 Å². The van der Waals surface area contributed by atoms with Crippen molar-refractivity contribution >= 4 is 12.2 Å². The van der Waals surface area contributed by atoms with Gasteiger partial charge in [0.05, 0.1) is 28.0 Å². The van der Waals surface area contributed by atoms with E-state index in [0.717, 1.165) is 55.5 Å². The van der Waals surface area contributed by atoms with Gasteiger partial charge in [-0.2, -0.15) is 0 Å². The van der Waals surface area contributed by atoms with Crippen LogP contribution in [-0.2, 0) is 20.3 Å². The maximum atomic E-state index is 5.61. The zero-order chi connectivity index (χ0) is 19.4. The minimum Gasteiger partial charge on any atom is -0.493 e. The van der Waals surface area contributed by atoms with Gasteiger partial charge in [-0.1, -0.05) is 6.07 Å². The van der Waals surface area contributed by atoms with E-state index in [4.69, 9.17) is 26.4 Å². The lowest BCUT2D eigenvalue weighted by atomic mass is 10.1. The van der Waals surface area contributed by atoms with Crippen LogP contribution in [0.15, 0.2) is 24.5 Å². The predicted molar refractivity (Wildman–Crippen MR) is 107 cm³/mol. The average Bonchev–Trinajstić information content (AvgIpc) is 3.01. The van der Waals surface area contributed by atoms with Crippen molar-refractivity contribution < 1.29 is 14.2 Å². The van der Waals surface area contributed by atoms with Gasteiger partial charge >= 0.3 is 0 Å². The summed E-state index contributed by atoms with van der Waals surface area (Å²) in [5.41, 5.74) is 1.11. The predicted octanol–water partition coefficient (Wildman–Crippen LogP) is 2.36. The summed E-state index contributed by atoms with van der Waals surface area (Å²) in [5.74, 6) is 2.08. The molecule has 8 heteroatoms. The quantitative estimate of drug-likeness (QED) is 0.674. The van der Waals surface area contributed by atoms with Crippen LogP contribution in [0.5, 0.6) is 17.2 Å². The van der Waals surface area contributed by atoms with Crippen molar-refractivity contribution in [3.8, 4) is 17.2 Å². The molecule has 1 aliphatic heterocycles. The summed E-state index contributed by atoms with van der Waals surface area (Å²) in [6, 6.07) is 3.99. The number of benzene rings is 1. The topological polar surface area (TPSA) is 44.0 Å². The molecule has 0 spiro atoms. The molecule has 27 heavy (non-hydrogen) atoms. The molecule has 1 fully saturated rings. The largest absolute Gasteiger partial charge is 0.493 e. The maximum Gasteiger partial charge on any atom is 0.203 e. The lowest BCUT2D eigenvalue weighted by Crippen LogP contribution is -2.46. The Labute approximate surface area is 165 Å². The summed E-state index contributed by atoms with van der Waals surface area (Å²) in [4.78, 5) is 4.86. The molecule has 1 aromatic heterocycles. The van der Waals surface area contributed by atoms with Crippen LogP contribution in [0.4, 0.5) is 0 Å². The van der Waals surface area contributed by atoms with Gasteiger partial charge in [0, 0.05) is 57.7 Å².